The van der Waals surface area contributed by atoms with Gasteiger partial charge in [-0.15, -0.1) is 0 Å². The van der Waals surface area contributed by atoms with Crippen LogP contribution >= 0.6 is 11.6 Å². The monoisotopic (exact) mass is 345 g/mol. The first-order valence-corrected chi connectivity index (χ1v) is 7.46. The van der Waals surface area contributed by atoms with E-state index in [0.29, 0.717) is 0 Å². The van der Waals surface area contributed by atoms with Crippen molar-refractivity contribution < 1.29 is 17.6 Å². The van der Waals surface area contributed by atoms with E-state index in [9.17, 15) is 17.6 Å². The molecule has 2 aromatic carbocycles. The molecule has 124 valence electrons. The van der Waals surface area contributed by atoms with E-state index in [4.69, 9.17) is 11.6 Å². The third-order valence-corrected chi connectivity index (χ3v) is 3.94. The van der Waals surface area contributed by atoms with Crippen LogP contribution < -0.4 is 5.32 Å². The summed E-state index contributed by atoms with van der Waals surface area (Å²) in [4.78, 5) is 0. The van der Waals surface area contributed by atoms with Gasteiger partial charge in [-0.25, -0.2) is 17.6 Å². The fraction of sp³-hybridized carbons (Fsp3) is 0.294. The van der Waals surface area contributed by atoms with Crippen LogP contribution in [-0.4, -0.2) is 0 Å². The highest BCUT2D eigenvalue weighted by Crippen LogP contribution is 2.35. The van der Waals surface area contributed by atoms with Crippen molar-refractivity contribution in [2.45, 2.75) is 26.8 Å². The van der Waals surface area contributed by atoms with Gasteiger partial charge in [-0.05, 0) is 18.4 Å². The van der Waals surface area contributed by atoms with Crippen molar-refractivity contribution in [3.05, 3.63) is 63.7 Å². The standard InChI is InChI=1S/C17H16ClF4N/c1-8(2)16(10-6-4-9(3)5-7-10)23-17-14(21)12(19)11(18)13(20)15(17)22/h4-8,16,23H,1-3H3. The molecule has 0 spiro atoms. The second-order valence-electron chi connectivity index (χ2n) is 5.72. The topological polar surface area (TPSA) is 12.0 Å². The second kappa shape index (κ2) is 6.79. The lowest BCUT2D eigenvalue weighted by atomic mass is 9.95. The quantitative estimate of drug-likeness (QED) is 0.406. The van der Waals surface area contributed by atoms with Gasteiger partial charge in [-0.3, -0.25) is 0 Å². The SMILES string of the molecule is Cc1ccc(C(Nc2c(F)c(F)c(Cl)c(F)c2F)C(C)C)cc1. The molecule has 0 aromatic heterocycles. The van der Waals surface area contributed by atoms with Crippen molar-refractivity contribution >= 4 is 17.3 Å². The number of rotatable bonds is 4. The lowest BCUT2D eigenvalue weighted by Gasteiger charge is -2.25. The number of aryl methyl sites for hydroxylation is 1. The summed E-state index contributed by atoms with van der Waals surface area (Å²) in [6.07, 6.45) is 0. The summed E-state index contributed by atoms with van der Waals surface area (Å²) in [5, 5.41) is 1.38. The van der Waals surface area contributed by atoms with Crippen molar-refractivity contribution in [1.29, 1.82) is 0 Å². The van der Waals surface area contributed by atoms with E-state index in [1.165, 1.54) is 0 Å². The van der Waals surface area contributed by atoms with E-state index in [-0.39, 0.29) is 5.92 Å². The Bertz CT molecular complexity index is 685. The van der Waals surface area contributed by atoms with Gasteiger partial charge in [0.15, 0.2) is 23.3 Å². The highest BCUT2D eigenvalue weighted by Gasteiger charge is 2.27. The summed E-state index contributed by atoms with van der Waals surface area (Å²) in [7, 11) is 0. The summed E-state index contributed by atoms with van der Waals surface area (Å²) in [6.45, 7) is 5.57. The largest absolute Gasteiger partial charge is 0.373 e. The van der Waals surface area contributed by atoms with E-state index in [1.54, 1.807) is 12.1 Å². The van der Waals surface area contributed by atoms with E-state index >= 15 is 0 Å². The molecule has 0 heterocycles. The van der Waals surface area contributed by atoms with Gasteiger partial charge in [-0.1, -0.05) is 55.3 Å². The summed E-state index contributed by atoms with van der Waals surface area (Å²) in [5.41, 5.74) is 0.918. The van der Waals surface area contributed by atoms with E-state index in [0.717, 1.165) is 11.1 Å². The minimum atomic E-state index is -1.61. The number of hydrogen-bond acceptors (Lipinski definition) is 1. The number of benzene rings is 2. The molecular weight excluding hydrogens is 330 g/mol. The van der Waals surface area contributed by atoms with Gasteiger partial charge >= 0.3 is 0 Å². The Balaban J connectivity index is 2.48. The number of halogens is 5. The van der Waals surface area contributed by atoms with Crippen LogP contribution in [0.5, 0.6) is 0 Å². The molecule has 0 radical (unpaired) electrons. The molecule has 0 aliphatic carbocycles. The molecule has 6 heteroatoms. The summed E-state index contributed by atoms with van der Waals surface area (Å²) < 4.78 is 55.1. The van der Waals surface area contributed by atoms with Crippen LogP contribution in [0.2, 0.25) is 5.02 Å². The summed E-state index contributed by atoms with van der Waals surface area (Å²) in [6, 6.07) is 6.76. The van der Waals surface area contributed by atoms with Crippen molar-refractivity contribution in [3.63, 3.8) is 0 Å². The van der Waals surface area contributed by atoms with Gasteiger partial charge in [0, 0.05) is 0 Å². The molecule has 0 bridgehead atoms. The Morgan fingerprint density at radius 1 is 0.870 bits per heavy atom. The van der Waals surface area contributed by atoms with Gasteiger partial charge in [0.25, 0.3) is 0 Å². The van der Waals surface area contributed by atoms with Crippen LogP contribution in [0, 0.1) is 36.1 Å². The molecule has 0 saturated carbocycles. The maximum Gasteiger partial charge on any atom is 0.186 e. The molecule has 23 heavy (non-hydrogen) atoms. The zero-order valence-electron chi connectivity index (χ0n) is 12.9. The first kappa shape index (κ1) is 17.6. The zero-order chi connectivity index (χ0) is 17.3. The fourth-order valence-electron chi connectivity index (χ4n) is 2.30. The lowest BCUT2D eigenvalue weighted by Crippen LogP contribution is -2.19. The molecule has 0 aliphatic heterocycles. The molecule has 1 nitrogen and oxygen atoms in total. The van der Waals surface area contributed by atoms with Crippen molar-refractivity contribution in [2.24, 2.45) is 5.92 Å². The molecule has 2 rings (SSSR count). The molecule has 1 atom stereocenters. The Hall–Kier alpha value is -1.75. The molecule has 1 unspecified atom stereocenters. The average molecular weight is 346 g/mol. The molecule has 0 aliphatic rings. The smallest absolute Gasteiger partial charge is 0.186 e. The molecule has 0 saturated heterocycles. The van der Waals surface area contributed by atoms with Crippen LogP contribution in [0.25, 0.3) is 0 Å². The zero-order valence-corrected chi connectivity index (χ0v) is 13.6. The molecule has 0 fully saturated rings. The van der Waals surface area contributed by atoms with Crippen LogP contribution in [0.4, 0.5) is 23.2 Å². The highest BCUT2D eigenvalue weighted by atomic mass is 35.5. The third kappa shape index (κ3) is 3.44. The van der Waals surface area contributed by atoms with Crippen LogP contribution in [0.1, 0.15) is 31.0 Å². The molecule has 1 N–H and O–H groups in total. The van der Waals surface area contributed by atoms with E-state index in [1.807, 2.05) is 32.9 Å². The Labute approximate surface area is 137 Å². The average Bonchev–Trinajstić information content (AvgIpc) is 2.52. The van der Waals surface area contributed by atoms with Gasteiger partial charge in [0.05, 0.1) is 6.04 Å². The number of anilines is 1. The summed E-state index contributed by atoms with van der Waals surface area (Å²) >= 11 is 5.24. The maximum absolute atomic E-state index is 14.0. The van der Waals surface area contributed by atoms with Gasteiger partial charge < -0.3 is 5.32 Å². The first-order chi connectivity index (χ1) is 10.7. The Kier molecular flexibility index (Phi) is 5.19. The van der Waals surface area contributed by atoms with Gasteiger partial charge in [0.1, 0.15) is 10.7 Å². The van der Waals surface area contributed by atoms with Crippen LogP contribution in [-0.2, 0) is 0 Å². The van der Waals surface area contributed by atoms with E-state index in [2.05, 4.69) is 5.32 Å². The minimum absolute atomic E-state index is 0.0849. The highest BCUT2D eigenvalue weighted by molar-refractivity contribution is 6.31. The van der Waals surface area contributed by atoms with Crippen molar-refractivity contribution in [3.8, 4) is 0 Å². The van der Waals surface area contributed by atoms with Crippen LogP contribution in [0.3, 0.4) is 0 Å². The molecule has 0 amide bonds. The molecular formula is C17H16ClF4N. The van der Waals surface area contributed by atoms with Crippen LogP contribution in [0.15, 0.2) is 24.3 Å². The lowest BCUT2D eigenvalue weighted by molar-refractivity contribution is 0.452. The number of nitrogens with one attached hydrogen (secondary N) is 1. The van der Waals surface area contributed by atoms with Crippen molar-refractivity contribution in [2.75, 3.05) is 5.32 Å². The first-order valence-electron chi connectivity index (χ1n) is 7.08. The minimum Gasteiger partial charge on any atom is -0.373 e. The third-order valence-electron chi connectivity index (χ3n) is 3.61. The predicted molar refractivity (Wildman–Crippen MR) is 83.7 cm³/mol. The molecule has 2 aromatic rings. The Morgan fingerprint density at radius 3 is 1.78 bits per heavy atom. The number of hydrogen-bond donors (Lipinski definition) is 1. The van der Waals surface area contributed by atoms with Gasteiger partial charge in [-0.2, -0.15) is 0 Å². The Morgan fingerprint density at radius 2 is 1.35 bits per heavy atom. The predicted octanol–water partition coefficient (Wildman–Crippen LogP) is 6.01. The van der Waals surface area contributed by atoms with Crippen molar-refractivity contribution in [1.82, 2.24) is 0 Å². The van der Waals surface area contributed by atoms with Gasteiger partial charge in [0.2, 0.25) is 0 Å². The fourth-order valence-corrected chi connectivity index (χ4v) is 2.46. The normalized spacial score (nSPS) is 12.6. The maximum atomic E-state index is 14.0. The summed E-state index contributed by atoms with van der Waals surface area (Å²) in [5.74, 6) is -6.38. The second-order valence-corrected chi connectivity index (χ2v) is 6.10. The van der Waals surface area contributed by atoms with E-state index < -0.39 is 40.0 Å².